The molecule has 0 bridgehead atoms. The van der Waals surface area contributed by atoms with E-state index < -0.39 is 0 Å². The second kappa shape index (κ2) is 7.12. The summed E-state index contributed by atoms with van der Waals surface area (Å²) in [5.41, 5.74) is 1.29. The summed E-state index contributed by atoms with van der Waals surface area (Å²) >= 11 is 0. The number of ether oxygens (including phenoxy) is 2. The molecule has 8 heteroatoms. The third-order valence-corrected chi connectivity index (χ3v) is 5.29. The molecule has 1 amide bonds. The fraction of sp³-hybridized carbons (Fsp3) is 0.286. The van der Waals surface area contributed by atoms with Gasteiger partial charge in [0.1, 0.15) is 0 Å². The number of likely N-dealkylation sites (tertiary alicyclic amines) is 1. The van der Waals surface area contributed by atoms with Crippen LogP contribution in [0.4, 0.5) is 0 Å². The van der Waals surface area contributed by atoms with Crippen molar-refractivity contribution in [2.45, 2.75) is 25.4 Å². The van der Waals surface area contributed by atoms with E-state index in [1.54, 1.807) is 23.1 Å². The van der Waals surface area contributed by atoms with Crippen LogP contribution in [-0.4, -0.2) is 40.0 Å². The van der Waals surface area contributed by atoms with Gasteiger partial charge in [-0.1, -0.05) is 0 Å². The molecule has 8 nitrogen and oxygen atoms in total. The van der Waals surface area contributed by atoms with Crippen LogP contribution in [0, 0.1) is 0 Å². The summed E-state index contributed by atoms with van der Waals surface area (Å²) < 4.78 is 17.4. The Bertz CT molecular complexity index is 1110. The van der Waals surface area contributed by atoms with Crippen molar-refractivity contribution in [1.82, 2.24) is 14.7 Å². The van der Waals surface area contributed by atoms with Crippen LogP contribution in [0.1, 0.15) is 23.4 Å². The molecule has 5 rings (SSSR count). The molecular weight excluding hydrogens is 374 g/mol. The highest BCUT2D eigenvalue weighted by Crippen LogP contribution is 2.35. The lowest BCUT2D eigenvalue weighted by Gasteiger charge is -2.24. The molecule has 1 aromatic carbocycles. The molecule has 29 heavy (non-hydrogen) atoms. The maximum atomic E-state index is 12.7. The van der Waals surface area contributed by atoms with Crippen molar-refractivity contribution in [1.29, 1.82) is 0 Å². The Hall–Kier alpha value is -3.55. The number of aromatic nitrogens is 2. The van der Waals surface area contributed by atoms with Crippen molar-refractivity contribution >= 4 is 5.91 Å². The summed E-state index contributed by atoms with van der Waals surface area (Å²) in [6, 6.07) is 12.0. The molecule has 1 fully saturated rings. The normalized spacial score (nSPS) is 17.7. The average molecular weight is 393 g/mol. The van der Waals surface area contributed by atoms with E-state index in [4.69, 9.17) is 13.9 Å². The van der Waals surface area contributed by atoms with Gasteiger partial charge in [0.15, 0.2) is 17.3 Å². The highest BCUT2D eigenvalue weighted by molar-refractivity contribution is 5.91. The van der Waals surface area contributed by atoms with Crippen molar-refractivity contribution in [3.63, 3.8) is 0 Å². The minimum atomic E-state index is -0.202. The zero-order valence-electron chi connectivity index (χ0n) is 15.6. The van der Waals surface area contributed by atoms with E-state index in [9.17, 15) is 9.59 Å². The second-order valence-corrected chi connectivity index (χ2v) is 7.08. The molecule has 4 heterocycles. The summed E-state index contributed by atoms with van der Waals surface area (Å²) in [5.74, 6) is 1.51. The smallest absolute Gasteiger partial charge is 0.289 e. The summed E-state index contributed by atoms with van der Waals surface area (Å²) in [5, 5.41) is 4.53. The molecule has 2 aliphatic rings. The standard InChI is InChI=1S/C21H19N3O5/c25-20-8-6-16(14-5-7-17-19(11-14)29-13-28-17)22-24(20)12-15-3-1-9-23(15)21(26)18-4-2-10-27-18/h2,4-8,10-11,15H,1,3,9,12-13H2/t15-/m0/s1. The van der Waals surface area contributed by atoms with Gasteiger partial charge in [-0.2, -0.15) is 5.10 Å². The number of carbonyl (C=O) groups excluding carboxylic acids is 1. The zero-order chi connectivity index (χ0) is 19.8. The van der Waals surface area contributed by atoms with E-state index in [1.807, 2.05) is 18.2 Å². The molecule has 2 aliphatic heterocycles. The summed E-state index contributed by atoms with van der Waals surface area (Å²) in [4.78, 5) is 26.9. The zero-order valence-corrected chi connectivity index (χ0v) is 15.6. The first-order chi connectivity index (χ1) is 14.2. The SMILES string of the molecule is O=C(c1ccco1)N1CCC[C@H]1Cn1nc(-c2ccc3c(c2)OCO3)ccc1=O. The van der Waals surface area contributed by atoms with Gasteiger partial charge in [0.05, 0.1) is 24.5 Å². The van der Waals surface area contributed by atoms with E-state index in [-0.39, 0.29) is 24.3 Å². The Kier molecular flexibility index (Phi) is 4.31. The number of nitrogens with zero attached hydrogens (tertiary/aromatic N) is 3. The van der Waals surface area contributed by atoms with Crippen molar-refractivity contribution in [2.24, 2.45) is 0 Å². The monoisotopic (exact) mass is 393 g/mol. The molecule has 0 spiro atoms. The number of hydrogen-bond acceptors (Lipinski definition) is 6. The first kappa shape index (κ1) is 17.5. The van der Waals surface area contributed by atoms with Crippen LogP contribution in [0.5, 0.6) is 11.5 Å². The number of amides is 1. The fourth-order valence-electron chi connectivity index (χ4n) is 3.82. The van der Waals surface area contributed by atoms with Gasteiger partial charge in [-0.15, -0.1) is 0 Å². The maximum Gasteiger partial charge on any atom is 0.289 e. The molecule has 1 atom stereocenters. The summed E-state index contributed by atoms with van der Waals surface area (Å²) in [6.45, 7) is 1.18. The number of carbonyl (C=O) groups is 1. The maximum absolute atomic E-state index is 12.7. The van der Waals surface area contributed by atoms with E-state index in [1.165, 1.54) is 17.0 Å². The van der Waals surface area contributed by atoms with Gasteiger partial charge in [0, 0.05) is 18.2 Å². The highest BCUT2D eigenvalue weighted by Gasteiger charge is 2.31. The van der Waals surface area contributed by atoms with Crippen molar-refractivity contribution in [3.05, 3.63) is 64.8 Å². The van der Waals surface area contributed by atoms with Crippen LogP contribution in [0.3, 0.4) is 0 Å². The lowest BCUT2D eigenvalue weighted by Crippen LogP contribution is -2.40. The number of furan rings is 1. The van der Waals surface area contributed by atoms with Crippen LogP contribution in [0.25, 0.3) is 11.3 Å². The summed E-state index contributed by atoms with van der Waals surface area (Å²) in [7, 11) is 0. The van der Waals surface area contributed by atoms with Gasteiger partial charge in [0.25, 0.3) is 11.5 Å². The average Bonchev–Trinajstić information content (AvgIpc) is 3.50. The van der Waals surface area contributed by atoms with Crippen LogP contribution in [-0.2, 0) is 6.54 Å². The molecule has 3 aromatic rings. The Balaban J connectivity index is 1.40. The first-order valence-electron chi connectivity index (χ1n) is 9.52. The third kappa shape index (κ3) is 3.26. The predicted molar refractivity (Wildman–Crippen MR) is 103 cm³/mol. The lowest BCUT2D eigenvalue weighted by atomic mass is 10.1. The molecule has 0 N–H and O–H groups in total. The Morgan fingerprint density at radius 3 is 2.90 bits per heavy atom. The topological polar surface area (TPSA) is 86.8 Å². The van der Waals surface area contributed by atoms with Gasteiger partial charge in [-0.05, 0) is 49.2 Å². The molecule has 148 valence electrons. The number of hydrogen-bond donors (Lipinski definition) is 0. The number of rotatable bonds is 4. The molecule has 1 saturated heterocycles. The van der Waals surface area contributed by atoms with Gasteiger partial charge in [-0.25, -0.2) is 4.68 Å². The summed E-state index contributed by atoms with van der Waals surface area (Å²) in [6.07, 6.45) is 3.18. The van der Waals surface area contributed by atoms with E-state index >= 15 is 0 Å². The van der Waals surface area contributed by atoms with E-state index in [0.717, 1.165) is 18.4 Å². The highest BCUT2D eigenvalue weighted by atomic mass is 16.7. The second-order valence-electron chi connectivity index (χ2n) is 7.08. The van der Waals surface area contributed by atoms with Gasteiger partial charge in [0.2, 0.25) is 6.79 Å². The molecule has 0 saturated carbocycles. The fourth-order valence-corrected chi connectivity index (χ4v) is 3.82. The quantitative estimate of drug-likeness (QED) is 0.677. The van der Waals surface area contributed by atoms with Crippen molar-refractivity contribution in [2.75, 3.05) is 13.3 Å². The lowest BCUT2D eigenvalue weighted by molar-refractivity contribution is 0.0688. The number of fused-ring (bicyclic) bond motifs is 1. The minimum absolute atomic E-state index is 0.107. The van der Waals surface area contributed by atoms with E-state index in [0.29, 0.717) is 36.0 Å². The third-order valence-electron chi connectivity index (χ3n) is 5.29. The van der Waals surface area contributed by atoms with Crippen LogP contribution in [0.15, 0.2) is 57.9 Å². The van der Waals surface area contributed by atoms with Crippen LogP contribution < -0.4 is 15.0 Å². The predicted octanol–water partition coefficient (Wildman–Crippen LogP) is 2.54. The van der Waals surface area contributed by atoms with Crippen molar-refractivity contribution < 1.29 is 18.7 Å². The first-order valence-corrected chi connectivity index (χ1v) is 9.52. The van der Waals surface area contributed by atoms with Gasteiger partial charge >= 0.3 is 0 Å². The Morgan fingerprint density at radius 2 is 2.03 bits per heavy atom. The molecule has 2 aromatic heterocycles. The molecule has 0 unspecified atom stereocenters. The van der Waals surface area contributed by atoms with Crippen LogP contribution in [0.2, 0.25) is 0 Å². The van der Waals surface area contributed by atoms with Gasteiger partial charge in [-0.3, -0.25) is 9.59 Å². The molecule has 0 radical (unpaired) electrons. The Morgan fingerprint density at radius 1 is 1.14 bits per heavy atom. The van der Waals surface area contributed by atoms with Gasteiger partial charge < -0.3 is 18.8 Å². The Labute approximate surface area is 166 Å². The number of benzene rings is 1. The largest absolute Gasteiger partial charge is 0.459 e. The van der Waals surface area contributed by atoms with Crippen LogP contribution >= 0.6 is 0 Å². The van der Waals surface area contributed by atoms with Crippen molar-refractivity contribution in [3.8, 4) is 22.8 Å². The molecular formula is C21H19N3O5. The van der Waals surface area contributed by atoms with E-state index in [2.05, 4.69) is 5.10 Å². The molecule has 0 aliphatic carbocycles. The minimum Gasteiger partial charge on any atom is -0.459 e.